The van der Waals surface area contributed by atoms with Gasteiger partial charge in [-0.15, -0.1) is 5.10 Å². The number of hydrogen-bond donors (Lipinski definition) is 2. The van der Waals surface area contributed by atoms with Gasteiger partial charge in [0.05, 0.1) is 18.5 Å². The fourth-order valence-electron chi connectivity index (χ4n) is 2.42. The van der Waals surface area contributed by atoms with Crippen LogP contribution < -0.4 is 5.32 Å². The fraction of sp³-hybridized carbons (Fsp3) is 0.500. The highest BCUT2D eigenvalue weighted by Gasteiger charge is 2.28. The number of aromatic amines is 1. The van der Waals surface area contributed by atoms with Crippen molar-refractivity contribution in [3.63, 3.8) is 0 Å². The molecule has 0 unspecified atom stereocenters. The Kier molecular flexibility index (Phi) is 4.03. The van der Waals surface area contributed by atoms with Gasteiger partial charge in [-0.3, -0.25) is 9.89 Å². The van der Waals surface area contributed by atoms with Gasteiger partial charge in [-0.05, 0) is 24.4 Å². The summed E-state index contributed by atoms with van der Waals surface area (Å²) in [7, 11) is 0. The maximum Gasteiger partial charge on any atom is 0.264 e. The van der Waals surface area contributed by atoms with E-state index in [4.69, 9.17) is 4.74 Å². The Labute approximate surface area is 119 Å². The minimum absolute atomic E-state index is 0.0117. The van der Waals surface area contributed by atoms with Crippen LogP contribution in [0.3, 0.4) is 0 Å². The maximum absolute atomic E-state index is 11.9. The van der Waals surface area contributed by atoms with Crippen LogP contribution in [0.25, 0.3) is 0 Å². The molecule has 7 nitrogen and oxygen atoms in total. The van der Waals surface area contributed by atoms with E-state index in [9.17, 15) is 4.79 Å². The molecule has 20 heavy (non-hydrogen) atoms. The minimum Gasteiger partial charge on any atom is -0.373 e. The molecule has 1 saturated heterocycles. The largest absolute Gasteiger partial charge is 0.373 e. The van der Waals surface area contributed by atoms with Crippen LogP contribution in [0.4, 0.5) is 0 Å². The van der Waals surface area contributed by atoms with Crippen molar-refractivity contribution in [2.75, 3.05) is 13.2 Å². The van der Waals surface area contributed by atoms with Crippen LogP contribution in [0.5, 0.6) is 0 Å². The van der Waals surface area contributed by atoms with Crippen molar-refractivity contribution in [3.05, 3.63) is 29.0 Å². The Hall–Kier alpha value is -1.80. The fourth-order valence-corrected chi connectivity index (χ4v) is 2.85. The number of carbonyl (C=O) groups is 1. The summed E-state index contributed by atoms with van der Waals surface area (Å²) < 4.78 is 9.51. The summed E-state index contributed by atoms with van der Waals surface area (Å²) in [5, 5.41) is 13.4. The normalized spacial score (nSPS) is 22.6. The zero-order valence-electron chi connectivity index (χ0n) is 10.8. The van der Waals surface area contributed by atoms with Crippen molar-refractivity contribution in [1.82, 2.24) is 25.1 Å². The van der Waals surface area contributed by atoms with Gasteiger partial charge >= 0.3 is 0 Å². The molecule has 0 radical (unpaired) electrons. The Morgan fingerprint density at radius 2 is 2.50 bits per heavy atom. The number of H-pyrrole nitrogens is 1. The molecule has 0 aliphatic carbocycles. The summed E-state index contributed by atoms with van der Waals surface area (Å²) in [6.07, 6.45) is 7.12. The smallest absolute Gasteiger partial charge is 0.264 e. The average Bonchev–Trinajstić information content (AvgIpc) is 3.17. The number of carbonyl (C=O) groups excluding carboxylic acids is 1. The molecule has 3 heterocycles. The second-order valence-electron chi connectivity index (χ2n) is 4.72. The summed E-state index contributed by atoms with van der Waals surface area (Å²) in [5.74, 6) is 0.127. The van der Waals surface area contributed by atoms with E-state index in [1.54, 1.807) is 6.20 Å². The highest BCUT2D eigenvalue weighted by Crippen LogP contribution is 2.32. The van der Waals surface area contributed by atoms with Crippen molar-refractivity contribution in [3.8, 4) is 0 Å². The van der Waals surface area contributed by atoms with E-state index in [2.05, 4.69) is 25.1 Å². The SMILES string of the molecule is O=C(NC[C@@H]1CCCO[C@H]1c1cn[nH]c1)c1cnns1. The summed E-state index contributed by atoms with van der Waals surface area (Å²) in [4.78, 5) is 12.4. The van der Waals surface area contributed by atoms with E-state index in [1.165, 1.54) is 6.20 Å². The van der Waals surface area contributed by atoms with Crippen molar-refractivity contribution < 1.29 is 9.53 Å². The molecule has 8 heteroatoms. The molecule has 106 valence electrons. The van der Waals surface area contributed by atoms with Gasteiger partial charge in [0.15, 0.2) is 0 Å². The predicted octanol–water partition coefficient (Wildman–Crippen LogP) is 1.16. The van der Waals surface area contributed by atoms with Crippen LogP contribution in [0, 0.1) is 5.92 Å². The van der Waals surface area contributed by atoms with E-state index >= 15 is 0 Å². The van der Waals surface area contributed by atoms with Crippen LogP contribution in [0.15, 0.2) is 18.6 Å². The molecule has 0 bridgehead atoms. The average molecular weight is 293 g/mol. The first-order chi connectivity index (χ1) is 9.84. The van der Waals surface area contributed by atoms with Gasteiger partial charge in [0, 0.05) is 30.8 Å². The number of rotatable bonds is 4. The number of nitrogens with one attached hydrogen (secondary N) is 2. The second-order valence-corrected chi connectivity index (χ2v) is 5.50. The molecule has 2 aromatic heterocycles. The first kappa shape index (κ1) is 13.2. The van der Waals surface area contributed by atoms with Crippen LogP contribution >= 0.6 is 11.5 Å². The van der Waals surface area contributed by atoms with Crippen LogP contribution in [0.1, 0.15) is 34.2 Å². The van der Waals surface area contributed by atoms with E-state index < -0.39 is 0 Å². The number of nitrogens with zero attached hydrogens (tertiary/aromatic N) is 3. The molecule has 2 N–H and O–H groups in total. The molecule has 1 aliphatic heterocycles. The first-order valence-electron chi connectivity index (χ1n) is 6.50. The number of aromatic nitrogens is 4. The second kappa shape index (κ2) is 6.10. The van der Waals surface area contributed by atoms with Gasteiger partial charge in [0.25, 0.3) is 5.91 Å². The Bertz CT molecular complexity index is 542. The van der Waals surface area contributed by atoms with Gasteiger partial charge in [-0.2, -0.15) is 5.10 Å². The first-order valence-corrected chi connectivity index (χ1v) is 7.28. The van der Waals surface area contributed by atoms with Crippen LogP contribution in [-0.2, 0) is 4.74 Å². The summed E-state index contributed by atoms with van der Waals surface area (Å²) in [6, 6.07) is 0. The lowest BCUT2D eigenvalue weighted by atomic mass is 9.91. The van der Waals surface area contributed by atoms with E-state index in [0.29, 0.717) is 11.4 Å². The van der Waals surface area contributed by atoms with Gasteiger partial charge in [-0.25, -0.2) is 0 Å². The summed E-state index contributed by atoms with van der Waals surface area (Å²) >= 11 is 1.10. The van der Waals surface area contributed by atoms with Gasteiger partial charge in [0.1, 0.15) is 4.88 Å². The van der Waals surface area contributed by atoms with Crippen LogP contribution in [0.2, 0.25) is 0 Å². The molecule has 2 aromatic rings. The lowest BCUT2D eigenvalue weighted by Crippen LogP contribution is -2.34. The maximum atomic E-state index is 11.9. The molecular formula is C12H15N5O2S. The Morgan fingerprint density at radius 3 is 3.25 bits per heavy atom. The molecular weight excluding hydrogens is 278 g/mol. The molecule has 1 amide bonds. The molecule has 0 saturated carbocycles. The standard InChI is InChI=1S/C12H15N5O2S/c18-12(10-7-16-17-20-10)13-4-8-2-1-3-19-11(8)9-5-14-15-6-9/h5-8,11H,1-4H2,(H,13,18)(H,14,15)/t8-,11+/m0/s1. The van der Waals surface area contributed by atoms with Crippen molar-refractivity contribution in [2.45, 2.75) is 18.9 Å². The predicted molar refractivity (Wildman–Crippen MR) is 72.2 cm³/mol. The van der Waals surface area contributed by atoms with E-state index in [-0.39, 0.29) is 17.9 Å². The molecule has 0 aromatic carbocycles. The molecule has 1 aliphatic rings. The minimum atomic E-state index is -0.128. The van der Waals surface area contributed by atoms with Crippen molar-refractivity contribution >= 4 is 17.4 Å². The zero-order chi connectivity index (χ0) is 13.8. The Balaban J connectivity index is 1.61. The third-order valence-electron chi connectivity index (χ3n) is 3.40. The third-order valence-corrected chi connectivity index (χ3v) is 4.07. The molecule has 2 atom stereocenters. The van der Waals surface area contributed by atoms with Crippen molar-refractivity contribution in [2.24, 2.45) is 5.92 Å². The van der Waals surface area contributed by atoms with E-state index in [0.717, 1.165) is 36.5 Å². The number of amides is 1. The summed E-state index contributed by atoms with van der Waals surface area (Å²) in [6.45, 7) is 1.33. The third kappa shape index (κ3) is 2.86. The number of hydrogen-bond acceptors (Lipinski definition) is 6. The molecule has 1 fully saturated rings. The quantitative estimate of drug-likeness (QED) is 0.882. The van der Waals surface area contributed by atoms with Gasteiger partial charge in [-0.1, -0.05) is 4.49 Å². The highest BCUT2D eigenvalue weighted by molar-refractivity contribution is 7.07. The topological polar surface area (TPSA) is 92.8 Å². The number of ether oxygens (including phenoxy) is 1. The Morgan fingerprint density at radius 1 is 1.55 bits per heavy atom. The molecule has 0 spiro atoms. The summed E-state index contributed by atoms with van der Waals surface area (Å²) in [5.41, 5.74) is 1.03. The van der Waals surface area contributed by atoms with Crippen molar-refractivity contribution in [1.29, 1.82) is 0 Å². The van der Waals surface area contributed by atoms with Gasteiger partial charge in [0.2, 0.25) is 0 Å². The molecule has 3 rings (SSSR count). The monoisotopic (exact) mass is 293 g/mol. The van der Waals surface area contributed by atoms with E-state index in [1.807, 2.05) is 6.20 Å². The zero-order valence-corrected chi connectivity index (χ0v) is 11.6. The van der Waals surface area contributed by atoms with Crippen LogP contribution in [-0.4, -0.2) is 38.8 Å². The lowest BCUT2D eigenvalue weighted by Gasteiger charge is -2.31. The lowest BCUT2D eigenvalue weighted by molar-refractivity contribution is -0.0272. The highest BCUT2D eigenvalue weighted by atomic mass is 32.1. The van der Waals surface area contributed by atoms with Gasteiger partial charge < -0.3 is 10.1 Å².